The number of hydrogen-bond donors (Lipinski definition) is 2. The van der Waals surface area contributed by atoms with Crippen molar-refractivity contribution >= 4 is 23.5 Å². The van der Waals surface area contributed by atoms with E-state index < -0.39 is 5.60 Å². The minimum Gasteiger partial charge on any atom is -0.507 e. The Morgan fingerprint density at radius 2 is 1.77 bits per heavy atom. The molecule has 9 heteroatoms. The molecule has 2 heterocycles. The van der Waals surface area contributed by atoms with Crippen LogP contribution in [0.4, 0.5) is 16.3 Å². The SMILES string of the molecule is CC(=O)Nc1nnc(-c2ccccc2O)cc1N1CCN(C(=O)OC(C)(C)C)CC1. The molecule has 1 aromatic heterocycles. The smallest absolute Gasteiger partial charge is 0.410 e. The van der Waals surface area contributed by atoms with E-state index in [9.17, 15) is 14.7 Å². The lowest BCUT2D eigenvalue weighted by Crippen LogP contribution is -2.50. The van der Waals surface area contributed by atoms with Crippen molar-refractivity contribution in [3.8, 4) is 17.0 Å². The highest BCUT2D eigenvalue weighted by Crippen LogP contribution is 2.32. The second-order valence-electron chi connectivity index (χ2n) is 8.12. The van der Waals surface area contributed by atoms with Crippen molar-refractivity contribution in [3.63, 3.8) is 0 Å². The number of aromatic nitrogens is 2. The first kappa shape index (κ1) is 21.4. The van der Waals surface area contributed by atoms with Crippen molar-refractivity contribution in [2.45, 2.75) is 33.3 Å². The van der Waals surface area contributed by atoms with E-state index in [1.165, 1.54) is 6.92 Å². The van der Waals surface area contributed by atoms with Gasteiger partial charge < -0.3 is 25.0 Å². The van der Waals surface area contributed by atoms with Crippen molar-refractivity contribution in [2.75, 3.05) is 36.4 Å². The molecule has 0 atom stereocenters. The summed E-state index contributed by atoms with van der Waals surface area (Å²) in [7, 11) is 0. The van der Waals surface area contributed by atoms with Gasteiger partial charge in [0.1, 0.15) is 11.4 Å². The number of phenols is 1. The number of hydrogen-bond acceptors (Lipinski definition) is 7. The van der Waals surface area contributed by atoms with Crippen molar-refractivity contribution in [3.05, 3.63) is 30.3 Å². The molecule has 30 heavy (non-hydrogen) atoms. The van der Waals surface area contributed by atoms with Gasteiger partial charge in [0.25, 0.3) is 0 Å². The van der Waals surface area contributed by atoms with Gasteiger partial charge in [-0.05, 0) is 39.0 Å². The van der Waals surface area contributed by atoms with Gasteiger partial charge in [0.15, 0.2) is 5.82 Å². The molecule has 0 aliphatic carbocycles. The van der Waals surface area contributed by atoms with Gasteiger partial charge in [0.2, 0.25) is 5.91 Å². The van der Waals surface area contributed by atoms with E-state index in [1.54, 1.807) is 35.2 Å². The van der Waals surface area contributed by atoms with Crippen LogP contribution in [0.25, 0.3) is 11.3 Å². The predicted octanol–water partition coefficient (Wildman–Crippen LogP) is 2.86. The van der Waals surface area contributed by atoms with Gasteiger partial charge in [-0.1, -0.05) is 12.1 Å². The van der Waals surface area contributed by atoms with Gasteiger partial charge in [-0.2, -0.15) is 0 Å². The maximum Gasteiger partial charge on any atom is 0.410 e. The molecule has 1 aliphatic rings. The number of carbonyl (C=O) groups is 2. The van der Waals surface area contributed by atoms with Crippen LogP contribution in [0.5, 0.6) is 5.75 Å². The van der Waals surface area contributed by atoms with Crippen molar-refractivity contribution in [1.29, 1.82) is 0 Å². The standard InChI is InChI=1S/C21H27N5O4/c1-14(27)22-19-17(13-16(23-24-19)15-7-5-6-8-18(15)28)25-9-11-26(12-10-25)20(29)30-21(2,3)4/h5-8,13,28H,9-12H2,1-4H3,(H,22,24,27). The number of carbonyl (C=O) groups excluding carboxylic acids is 2. The summed E-state index contributed by atoms with van der Waals surface area (Å²) in [6.45, 7) is 8.95. The number of nitrogens with zero attached hydrogens (tertiary/aromatic N) is 4. The summed E-state index contributed by atoms with van der Waals surface area (Å²) in [6.07, 6.45) is -0.341. The van der Waals surface area contributed by atoms with Gasteiger partial charge in [0, 0.05) is 38.7 Å². The van der Waals surface area contributed by atoms with Crippen LogP contribution in [0.3, 0.4) is 0 Å². The first-order chi connectivity index (χ1) is 14.1. The van der Waals surface area contributed by atoms with Crippen LogP contribution in [-0.4, -0.2) is 64.0 Å². The Morgan fingerprint density at radius 3 is 2.37 bits per heavy atom. The first-order valence-corrected chi connectivity index (χ1v) is 9.80. The maximum atomic E-state index is 12.3. The molecule has 1 saturated heterocycles. The zero-order valence-electron chi connectivity index (χ0n) is 17.7. The van der Waals surface area contributed by atoms with E-state index in [0.29, 0.717) is 48.9 Å². The van der Waals surface area contributed by atoms with E-state index in [4.69, 9.17) is 4.74 Å². The monoisotopic (exact) mass is 413 g/mol. The zero-order chi connectivity index (χ0) is 21.9. The third kappa shape index (κ3) is 5.16. The Kier molecular flexibility index (Phi) is 6.09. The first-order valence-electron chi connectivity index (χ1n) is 9.80. The third-order valence-corrected chi connectivity index (χ3v) is 4.52. The van der Waals surface area contributed by atoms with Gasteiger partial charge >= 0.3 is 6.09 Å². The molecule has 160 valence electrons. The van der Waals surface area contributed by atoms with Crippen molar-refractivity contribution in [1.82, 2.24) is 15.1 Å². The number of rotatable bonds is 3. The summed E-state index contributed by atoms with van der Waals surface area (Å²) in [5.74, 6) is 0.181. The average molecular weight is 413 g/mol. The van der Waals surface area contributed by atoms with Crippen molar-refractivity contribution in [2.24, 2.45) is 0 Å². The third-order valence-electron chi connectivity index (χ3n) is 4.52. The molecule has 1 aromatic carbocycles. The fourth-order valence-corrected chi connectivity index (χ4v) is 3.16. The summed E-state index contributed by atoms with van der Waals surface area (Å²) in [5.41, 5.74) is 1.18. The highest BCUT2D eigenvalue weighted by molar-refractivity contribution is 5.91. The largest absolute Gasteiger partial charge is 0.507 e. The van der Waals surface area contributed by atoms with Gasteiger partial charge in [-0.15, -0.1) is 10.2 Å². The number of ether oxygens (including phenoxy) is 1. The van der Waals surface area contributed by atoms with Gasteiger partial charge in [0.05, 0.1) is 11.4 Å². The predicted molar refractivity (Wildman–Crippen MR) is 113 cm³/mol. The molecule has 9 nitrogen and oxygen atoms in total. The summed E-state index contributed by atoms with van der Waals surface area (Å²) < 4.78 is 5.45. The second-order valence-corrected chi connectivity index (χ2v) is 8.12. The van der Waals surface area contributed by atoms with E-state index in [2.05, 4.69) is 15.5 Å². The van der Waals surface area contributed by atoms with Crippen LogP contribution in [0.1, 0.15) is 27.7 Å². The number of nitrogens with one attached hydrogen (secondary N) is 1. The van der Waals surface area contributed by atoms with Gasteiger partial charge in [-0.3, -0.25) is 4.79 Å². The Labute approximate surface area is 175 Å². The maximum absolute atomic E-state index is 12.3. The molecule has 3 rings (SSSR count). The molecular weight excluding hydrogens is 386 g/mol. The molecule has 1 fully saturated rings. The minimum absolute atomic E-state index is 0.0970. The number of piperazine rings is 1. The quantitative estimate of drug-likeness (QED) is 0.796. The number of amides is 2. The van der Waals surface area contributed by atoms with Crippen LogP contribution in [0.2, 0.25) is 0 Å². The fourth-order valence-electron chi connectivity index (χ4n) is 3.16. The number of aromatic hydroxyl groups is 1. The number of anilines is 2. The Morgan fingerprint density at radius 1 is 1.10 bits per heavy atom. The lowest BCUT2D eigenvalue weighted by Gasteiger charge is -2.37. The van der Waals surface area contributed by atoms with E-state index in [1.807, 2.05) is 25.7 Å². The van der Waals surface area contributed by atoms with E-state index >= 15 is 0 Å². The summed E-state index contributed by atoms with van der Waals surface area (Å²) in [5, 5.41) is 21.2. The number of benzene rings is 1. The molecule has 0 saturated carbocycles. The molecule has 2 amide bonds. The van der Waals surface area contributed by atoms with Crippen LogP contribution in [0, 0.1) is 0 Å². The number of phenolic OH excluding ortho intramolecular Hbond substituents is 1. The van der Waals surface area contributed by atoms with E-state index in [0.717, 1.165) is 0 Å². The minimum atomic E-state index is -0.547. The van der Waals surface area contributed by atoms with Crippen molar-refractivity contribution < 1.29 is 19.4 Å². The van der Waals surface area contributed by atoms with Gasteiger partial charge in [-0.25, -0.2) is 4.79 Å². The lowest BCUT2D eigenvalue weighted by molar-refractivity contribution is -0.114. The van der Waals surface area contributed by atoms with Crippen LogP contribution >= 0.6 is 0 Å². The highest BCUT2D eigenvalue weighted by atomic mass is 16.6. The van der Waals surface area contributed by atoms with Crippen LogP contribution < -0.4 is 10.2 Å². The Hall–Kier alpha value is -3.36. The van der Waals surface area contributed by atoms with Crippen LogP contribution in [-0.2, 0) is 9.53 Å². The molecule has 0 bridgehead atoms. The molecule has 0 radical (unpaired) electrons. The summed E-state index contributed by atoms with van der Waals surface area (Å²) >= 11 is 0. The molecule has 0 unspecified atom stereocenters. The summed E-state index contributed by atoms with van der Waals surface area (Å²) in [4.78, 5) is 27.6. The normalized spacial score (nSPS) is 14.4. The molecular formula is C21H27N5O4. The molecule has 2 N–H and O–H groups in total. The Bertz CT molecular complexity index is 933. The second kappa shape index (κ2) is 8.56. The van der Waals surface area contributed by atoms with E-state index in [-0.39, 0.29) is 17.7 Å². The molecule has 1 aliphatic heterocycles. The topological polar surface area (TPSA) is 108 Å². The molecule has 2 aromatic rings. The van der Waals surface area contributed by atoms with Crippen LogP contribution in [0.15, 0.2) is 30.3 Å². The zero-order valence-corrected chi connectivity index (χ0v) is 17.7. The lowest BCUT2D eigenvalue weighted by atomic mass is 10.1. The Balaban J connectivity index is 1.83. The average Bonchev–Trinajstić information content (AvgIpc) is 2.67. The summed E-state index contributed by atoms with van der Waals surface area (Å²) in [6, 6.07) is 8.66. The highest BCUT2D eigenvalue weighted by Gasteiger charge is 2.27. The fraction of sp³-hybridized carbons (Fsp3) is 0.429. The molecule has 0 spiro atoms. The number of para-hydroxylation sites is 1.